The Balaban J connectivity index is 3.97. The summed E-state index contributed by atoms with van der Waals surface area (Å²) in [5.74, 6) is -0.882. The summed E-state index contributed by atoms with van der Waals surface area (Å²) >= 11 is 0. The molecule has 0 fully saturated rings. The third-order valence-electron chi connectivity index (χ3n) is 1.02. The van der Waals surface area contributed by atoms with Crippen molar-refractivity contribution in [2.24, 2.45) is 10.9 Å². The molecule has 0 bridgehead atoms. The summed E-state index contributed by atoms with van der Waals surface area (Å²) in [5, 5.41) is 16.9. The van der Waals surface area contributed by atoms with Gasteiger partial charge < -0.3 is 10.2 Å². The molecule has 0 saturated carbocycles. The molecule has 0 spiro atoms. The maximum Gasteiger partial charge on any atom is 0.330 e. The summed E-state index contributed by atoms with van der Waals surface area (Å²) in [6.45, 7) is 3.33. The molecule has 0 aromatic carbocycles. The third kappa shape index (κ3) is 4.50. The molecule has 0 radical (unpaired) electrons. The number of rotatable bonds is 4. The van der Waals surface area contributed by atoms with Crippen LogP contribution in [0.15, 0.2) is 4.99 Å². The Morgan fingerprint density at radius 1 is 1.64 bits per heavy atom. The normalized spacial score (nSPS) is 14.2. The molecule has 4 nitrogen and oxygen atoms in total. The van der Waals surface area contributed by atoms with Crippen LogP contribution in [0.1, 0.15) is 13.8 Å². The van der Waals surface area contributed by atoms with Gasteiger partial charge in [0.15, 0.2) is 6.04 Å². The number of aliphatic carboxylic acids is 1. The largest absolute Gasteiger partial charge is 0.480 e. The summed E-state index contributed by atoms with van der Waals surface area (Å²) < 4.78 is 0. The number of aliphatic hydroxyl groups is 1. The minimum atomic E-state index is -1.09. The zero-order valence-electron chi connectivity index (χ0n) is 6.69. The molecule has 0 rings (SSSR count). The van der Waals surface area contributed by atoms with E-state index in [0.717, 1.165) is 0 Å². The molecule has 0 aliphatic heterocycles. The highest BCUT2D eigenvalue weighted by atomic mass is 16.4. The molecule has 2 N–H and O–H groups in total. The molecule has 0 aromatic rings. The topological polar surface area (TPSA) is 69.9 Å². The Labute approximate surface area is 65.6 Å². The van der Waals surface area contributed by atoms with Crippen LogP contribution in [0.2, 0.25) is 0 Å². The highest BCUT2D eigenvalue weighted by Gasteiger charge is 2.12. The van der Waals surface area contributed by atoms with Crippen LogP contribution in [-0.4, -0.2) is 35.0 Å². The van der Waals surface area contributed by atoms with Gasteiger partial charge in [0.1, 0.15) is 0 Å². The van der Waals surface area contributed by atoms with Crippen molar-refractivity contribution >= 4 is 12.2 Å². The van der Waals surface area contributed by atoms with E-state index in [4.69, 9.17) is 10.2 Å². The van der Waals surface area contributed by atoms with Crippen molar-refractivity contribution in [3.8, 4) is 0 Å². The van der Waals surface area contributed by atoms with Crippen LogP contribution in [0.4, 0.5) is 0 Å². The Kier molecular flexibility index (Phi) is 4.45. The first-order valence-corrected chi connectivity index (χ1v) is 3.45. The molecule has 64 valence electrons. The van der Waals surface area contributed by atoms with E-state index >= 15 is 0 Å². The van der Waals surface area contributed by atoms with E-state index in [1.165, 1.54) is 6.21 Å². The summed E-state index contributed by atoms with van der Waals surface area (Å²) in [6, 6.07) is -1.00. The second-order valence-corrected chi connectivity index (χ2v) is 2.58. The van der Waals surface area contributed by atoms with Gasteiger partial charge in [0.25, 0.3) is 0 Å². The van der Waals surface area contributed by atoms with Crippen molar-refractivity contribution in [1.82, 2.24) is 0 Å². The molecule has 0 unspecified atom stereocenters. The lowest BCUT2D eigenvalue weighted by molar-refractivity contribution is -0.139. The van der Waals surface area contributed by atoms with Crippen LogP contribution in [0.3, 0.4) is 0 Å². The first kappa shape index (κ1) is 10.1. The van der Waals surface area contributed by atoms with Crippen molar-refractivity contribution in [3.05, 3.63) is 0 Å². The number of hydrogen-bond donors (Lipinski definition) is 2. The van der Waals surface area contributed by atoms with E-state index in [2.05, 4.69) is 4.99 Å². The Morgan fingerprint density at radius 2 is 2.18 bits per heavy atom. The second kappa shape index (κ2) is 4.85. The molecule has 0 saturated heterocycles. The number of aliphatic imine (C=N–C) groups is 1. The van der Waals surface area contributed by atoms with Gasteiger partial charge in [0.2, 0.25) is 0 Å². The molecular weight excluding hydrogens is 146 g/mol. The Morgan fingerprint density at radius 3 is 2.45 bits per heavy atom. The van der Waals surface area contributed by atoms with E-state index in [1.54, 1.807) is 0 Å². The highest BCUT2D eigenvalue weighted by Crippen LogP contribution is 1.92. The maximum absolute atomic E-state index is 10.3. The van der Waals surface area contributed by atoms with Crippen LogP contribution < -0.4 is 0 Å². The van der Waals surface area contributed by atoms with Gasteiger partial charge in [0, 0.05) is 6.21 Å². The van der Waals surface area contributed by atoms with Gasteiger partial charge in [-0.1, -0.05) is 13.8 Å². The number of carboxylic acids is 1. The van der Waals surface area contributed by atoms with Crippen molar-refractivity contribution in [2.45, 2.75) is 19.9 Å². The van der Waals surface area contributed by atoms with Crippen LogP contribution in [-0.2, 0) is 4.79 Å². The van der Waals surface area contributed by atoms with E-state index in [0.29, 0.717) is 0 Å². The summed E-state index contributed by atoms with van der Waals surface area (Å²) in [4.78, 5) is 13.9. The lowest BCUT2D eigenvalue weighted by atomic mass is 10.2. The number of hydrogen-bond acceptors (Lipinski definition) is 3. The average Bonchev–Trinajstić information content (AvgIpc) is 1.87. The van der Waals surface area contributed by atoms with Crippen LogP contribution in [0.5, 0.6) is 0 Å². The van der Waals surface area contributed by atoms with E-state index < -0.39 is 18.6 Å². The van der Waals surface area contributed by atoms with Gasteiger partial charge in [0.05, 0.1) is 6.61 Å². The maximum atomic E-state index is 10.3. The standard InChI is InChI=1S/C7H13NO3/c1-5(2)3-8-6(4-9)7(10)11/h3,5-6,9H,4H2,1-2H3,(H,10,11)/t6-/m0/s1. The quantitative estimate of drug-likeness (QED) is 0.574. The number of aliphatic hydroxyl groups excluding tert-OH is 1. The van der Waals surface area contributed by atoms with Gasteiger partial charge in [-0.15, -0.1) is 0 Å². The van der Waals surface area contributed by atoms with Gasteiger partial charge >= 0.3 is 5.97 Å². The average molecular weight is 159 g/mol. The third-order valence-corrected chi connectivity index (χ3v) is 1.02. The SMILES string of the molecule is CC(C)C=N[C@@H](CO)C(=O)O. The molecule has 0 aliphatic carbocycles. The van der Waals surface area contributed by atoms with Gasteiger partial charge in [-0.2, -0.15) is 0 Å². The summed E-state index contributed by atoms with van der Waals surface area (Å²) in [7, 11) is 0. The second-order valence-electron chi connectivity index (χ2n) is 2.58. The number of nitrogens with zero attached hydrogens (tertiary/aromatic N) is 1. The first-order chi connectivity index (χ1) is 5.07. The molecular formula is C7H13NO3. The monoisotopic (exact) mass is 159 g/mol. The van der Waals surface area contributed by atoms with Crippen molar-refractivity contribution in [1.29, 1.82) is 0 Å². The van der Waals surface area contributed by atoms with Crippen molar-refractivity contribution in [3.63, 3.8) is 0 Å². The molecule has 11 heavy (non-hydrogen) atoms. The molecule has 0 aliphatic rings. The lowest BCUT2D eigenvalue weighted by Crippen LogP contribution is -2.22. The molecule has 0 heterocycles. The highest BCUT2D eigenvalue weighted by molar-refractivity contribution is 5.76. The minimum absolute atomic E-state index is 0.211. The fourth-order valence-corrected chi connectivity index (χ4v) is 0.465. The molecule has 0 amide bonds. The summed E-state index contributed by atoms with van der Waals surface area (Å²) in [5.41, 5.74) is 0. The zero-order valence-corrected chi connectivity index (χ0v) is 6.69. The van der Waals surface area contributed by atoms with Gasteiger partial charge in [-0.3, -0.25) is 4.99 Å². The molecule has 4 heteroatoms. The number of carboxylic acid groups (broad SMARTS) is 1. The van der Waals surface area contributed by atoms with Crippen LogP contribution in [0.25, 0.3) is 0 Å². The van der Waals surface area contributed by atoms with E-state index in [9.17, 15) is 4.79 Å². The van der Waals surface area contributed by atoms with E-state index in [1.807, 2.05) is 13.8 Å². The Bertz CT molecular complexity index is 154. The smallest absolute Gasteiger partial charge is 0.330 e. The molecule has 1 atom stereocenters. The minimum Gasteiger partial charge on any atom is -0.480 e. The van der Waals surface area contributed by atoms with Crippen LogP contribution >= 0.6 is 0 Å². The predicted octanol–water partition coefficient (Wildman–Crippen LogP) is 0.159. The van der Waals surface area contributed by atoms with Crippen LogP contribution in [0, 0.1) is 5.92 Å². The zero-order chi connectivity index (χ0) is 8.85. The lowest BCUT2D eigenvalue weighted by Gasteiger charge is -2.02. The predicted molar refractivity (Wildman–Crippen MR) is 41.8 cm³/mol. The number of carbonyl (C=O) groups is 1. The van der Waals surface area contributed by atoms with Gasteiger partial charge in [-0.25, -0.2) is 4.79 Å². The Hall–Kier alpha value is -0.900. The van der Waals surface area contributed by atoms with E-state index in [-0.39, 0.29) is 5.92 Å². The first-order valence-electron chi connectivity index (χ1n) is 3.45. The van der Waals surface area contributed by atoms with Crippen molar-refractivity contribution < 1.29 is 15.0 Å². The fourth-order valence-electron chi connectivity index (χ4n) is 0.465. The van der Waals surface area contributed by atoms with Gasteiger partial charge in [-0.05, 0) is 5.92 Å². The van der Waals surface area contributed by atoms with Crippen molar-refractivity contribution in [2.75, 3.05) is 6.61 Å². The fraction of sp³-hybridized carbons (Fsp3) is 0.714. The summed E-state index contributed by atoms with van der Waals surface area (Å²) in [6.07, 6.45) is 1.52. The molecule has 0 aromatic heterocycles.